The highest BCUT2D eigenvalue weighted by molar-refractivity contribution is 5.72. The molecule has 0 saturated carbocycles. The summed E-state index contributed by atoms with van der Waals surface area (Å²) in [5, 5.41) is 0. The Hall–Kier alpha value is -1.36. The van der Waals surface area contributed by atoms with Crippen LogP contribution in [-0.2, 0) is 16.1 Å². The molecule has 5 nitrogen and oxygen atoms in total. The van der Waals surface area contributed by atoms with Gasteiger partial charge in [0.25, 0.3) is 0 Å². The molecule has 0 N–H and O–H groups in total. The number of hydrogen-bond acceptors (Lipinski definition) is 5. The fourth-order valence-electron chi connectivity index (χ4n) is 2.45. The number of ether oxygens (including phenoxy) is 1. The monoisotopic (exact) mass is 266 g/mol. The quantitative estimate of drug-likeness (QED) is 0.781. The lowest BCUT2D eigenvalue weighted by molar-refractivity contribution is -0.150. The van der Waals surface area contributed by atoms with E-state index in [1.807, 2.05) is 20.8 Å². The molecule has 0 unspecified atom stereocenters. The number of hydrogen-bond donors (Lipinski definition) is 0. The number of carbonyl (C=O) groups is 1. The summed E-state index contributed by atoms with van der Waals surface area (Å²) < 4.78 is 10.7. The van der Waals surface area contributed by atoms with Gasteiger partial charge in [-0.1, -0.05) is 0 Å². The van der Waals surface area contributed by atoms with Crippen LogP contribution >= 0.6 is 0 Å². The second-order valence-corrected chi connectivity index (χ2v) is 5.08. The molecule has 1 fully saturated rings. The molecule has 0 aliphatic carbocycles. The van der Waals surface area contributed by atoms with Crippen LogP contribution in [0.2, 0.25) is 0 Å². The first-order chi connectivity index (χ1) is 9.10. The summed E-state index contributed by atoms with van der Waals surface area (Å²) in [6.07, 6.45) is 1.93. The topological polar surface area (TPSA) is 55.6 Å². The summed E-state index contributed by atoms with van der Waals surface area (Å²) in [6.45, 7) is 8.55. The lowest BCUT2D eigenvalue weighted by Gasteiger charge is -2.30. The highest BCUT2D eigenvalue weighted by Crippen LogP contribution is 2.20. The van der Waals surface area contributed by atoms with Gasteiger partial charge in [-0.3, -0.25) is 9.69 Å². The van der Waals surface area contributed by atoms with Crippen LogP contribution in [0, 0.1) is 19.8 Å². The molecule has 0 amide bonds. The van der Waals surface area contributed by atoms with Crippen molar-refractivity contribution in [3.63, 3.8) is 0 Å². The van der Waals surface area contributed by atoms with Crippen molar-refractivity contribution in [1.82, 2.24) is 9.88 Å². The second kappa shape index (κ2) is 6.19. The Bertz CT molecular complexity index is 422. The number of esters is 1. The molecule has 1 aliphatic heterocycles. The van der Waals surface area contributed by atoms with E-state index in [0.29, 0.717) is 13.2 Å². The number of piperidine rings is 1. The highest BCUT2D eigenvalue weighted by atomic mass is 16.5. The van der Waals surface area contributed by atoms with Crippen LogP contribution in [0.3, 0.4) is 0 Å². The summed E-state index contributed by atoms with van der Waals surface area (Å²) in [6, 6.07) is 0. The van der Waals surface area contributed by atoms with E-state index in [0.717, 1.165) is 43.3 Å². The molecule has 5 heteroatoms. The van der Waals surface area contributed by atoms with Crippen LogP contribution < -0.4 is 0 Å². The Morgan fingerprint density at radius 1 is 1.53 bits per heavy atom. The third kappa shape index (κ3) is 3.56. The van der Waals surface area contributed by atoms with Gasteiger partial charge in [0, 0.05) is 6.54 Å². The second-order valence-electron chi connectivity index (χ2n) is 5.08. The van der Waals surface area contributed by atoms with E-state index in [-0.39, 0.29) is 11.9 Å². The fraction of sp³-hybridized carbons (Fsp3) is 0.714. The van der Waals surface area contributed by atoms with Gasteiger partial charge in [0.05, 0.1) is 24.8 Å². The number of carbonyl (C=O) groups excluding carboxylic acids is 1. The Morgan fingerprint density at radius 2 is 2.32 bits per heavy atom. The summed E-state index contributed by atoms with van der Waals surface area (Å²) in [5.74, 6) is 1.52. The molecule has 106 valence electrons. The molecule has 2 heterocycles. The molecule has 1 aliphatic rings. The Labute approximate surface area is 113 Å². The standard InChI is InChI=1S/C14H22N2O3/c1-4-18-14(17)12-6-5-7-16(8-12)9-13-15-10(2)11(3)19-13/h12H,4-9H2,1-3H3/t12-/m1/s1. The minimum absolute atomic E-state index is 0.00847. The van der Waals surface area contributed by atoms with Gasteiger partial charge >= 0.3 is 5.97 Å². The van der Waals surface area contributed by atoms with Crippen LogP contribution in [0.25, 0.3) is 0 Å². The van der Waals surface area contributed by atoms with Gasteiger partial charge < -0.3 is 9.15 Å². The number of oxazole rings is 1. The van der Waals surface area contributed by atoms with E-state index < -0.39 is 0 Å². The van der Waals surface area contributed by atoms with Crippen LogP contribution in [-0.4, -0.2) is 35.5 Å². The van der Waals surface area contributed by atoms with E-state index in [1.54, 1.807) is 0 Å². The summed E-state index contributed by atoms with van der Waals surface area (Å²) >= 11 is 0. The largest absolute Gasteiger partial charge is 0.466 e. The summed E-state index contributed by atoms with van der Waals surface area (Å²) in [7, 11) is 0. The van der Waals surface area contributed by atoms with Crippen molar-refractivity contribution < 1.29 is 13.9 Å². The number of rotatable bonds is 4. The molecule has 1 saturated heterocycles. The van der Waals surface area contributed by atoms with Crippen LogP contribution in [0.1, 0.15) is 37.1 Å². The van der Waals surface area contributed by atoms with Crippen molar-refractivity contribution in [3.05, 3.63) is 17.3 Å². The van der Waals surface area contributed by atoms with Crippen molar-refractivity contribution in [2.75, 3.05) is 19.7 Å². The summed E-state index contributed by atoms with van der Waals surface area (Å²) in [5.41, 5.74) is 0.939. The van der Waals surface area contributed by atoms with Crippen molar-refractivity contribution in [2.45, 2.75) is 40.2 Å². The minimum Gasteiger partial charge on any atom is -0.466 e. The first-order valence-electron chi connectivity index (χ1n) is 6.92. The normalized spacial score (nSPS) is 20.5. The van der Waals surface area contributed by atoms with E-state index >= 15 is 0 Å². The molecule has 0 spiro atoms. The van der Waals surface area contributed by atoms with Gasteiger partial charge in [0.1, 0.15) is 5.76 Å². The maximum absolute atomic E-state index is 11.8. The molecule has 19 heavy (non-hydrogen) atoms. The Kier molecular flexibility index (Phi) is 4.58. The maximum atomic E-state index is 11.8. The zero-order valence-electron chi connectivity index (χ0n) is 11.9. The van der Waals surface area contributed by atoms with Gasteiger partial charge in [-0.25, -0.2) is 4.98 Å². The average molecular weight is 266 g/mol. The zero-order chi connectivity index (χ0) is 13.8. The molecule has 2 rings (SSSR count). The number of aromatic nitrogens is 1. The SMILES string of the molecule is CCOC(=O)[C@@H]1CCCN(Cc2nc(C)c(C)o2)C1. The molecule has 1 aromatic heterocycles. The predicted molar refractivity (Wildman–Crippen MR) is 70.6 cm³/mol. The van der Waals surface area contributed by atoms with Gasteiger partial charge in [-0.15, -0.1) is 0 Å². The fourth-order valence-corrected chi connectivity index (χ4v) is 2.45. The number of likely N-dealkylation sites (tertiary alicyclic amines) is 1. The van der Waals surface area contributed by atoms with E-state index in [4.69, 9.17) is 9.15 Å². The molecule has 0 aromatic carbocycles. The molecule has 1 aromatic rings. The van der Waals surface area contributed by atoms with Crippen molar-refractivity contribution in [3.8, 4) is 0 Å². The first kappa shape index (κ1) is 14.1. The molecule has 1 atom stereocenters. The van der Waals surface area contributed by atoms with Crippen molar-refractivity contribution in [2.24, 2.45) is 5.92 Å². The van der Waals surface area contributed by atoms with Crippen molar-refractivity contribution in [1.29, 1.82) is 0 Å². The third-order valence-electron chi connectivity index (χ3n) is 3.56. The highest BCUT2D eigenvalue weighted by Gasteiger charge is 2.27. The number of nitrogens with zero attached hydrogens (tertiary/aromatic N) is 2. The van der Waals surface area contributed by atoms with Crippen LogP contribution in [0.15, 0.2) is 4.42 Å². The van der Waals surface area contributed by atoms with Crippen LogP contribution in [0.5, 0.6) is 0 Å². The smallest absolute Gasteiger partial charge is 0.310 e. The third-order valence-corrected chi connectivity index (χ3v) is 3.56. The Morgan fingerprint density at radius 3 is 2.95 bits per heavy atom. The van der Waals surface area contributed by atoms with Gasteiger partial charge in [-0.2, -0.15) is 0 Å². The van der Waals surface area contributed by atoms with Gasteiger partial charge in [0.2, 0.25) is 5.89 Å². The number of aryl methyl sites for hydroxylation is 2. The first-order valence-corrected chi connectivity index (χ1v) is 6.92. The van der Waals surface area contributed by atoms with Gasteiger partial charge in [-0.05, 0) is 40.2 Å². The van der Waals surface area contributed by atoms with Crippen LogP contribution in [0.4, 0.5) is 0 Å². The van der Waals surface area contributed by atoms with E-state index in [1.165, 1.54) is 0 Å². The lowest BCUT2D eigenvalue weighted by atomic mass is 9.98. The van der Waals surface area contributed by atoms with E-state index in [9.17, 15) is 4.79 Å². The molecule has 0 bridgehead atoms. The summed E-state index contributed by atoms with van der Waals surface area (Å²) in [4.78, 5) is 18.4. The van der Waals surface area contributed by atoms with Gasteiger partial charge in [0.15, 0.2) is 0 Å². The molecular formula is C14H22N2O3. The maximum Gasteiger partial charge on any atom is 0.310 e. The zero-order valence-corrected chi connectivity index (χ0v) is 11.9. The molecule has 0 radical (unpaired) electrons. The molecular weight excluding hydrogens is 244 g/mol. The minimum atomic E-state index is -0.0769. The van der Waals surface area contributed by atoms with E-state index in [2.05, 4.69) is 9.88 Å². The predicted octanol–water partition coefficient (Wildman–Crippen LogP) is 2.07. The average Bonchev–Trinajstić information content (AvgIpc) is 2.69. The van der Waals surface area contributed by atoms with Crippen molar-refractivity contribution >= 4 is 5.97 Å². The Balaban J connectivity index is 1.92. The lowest BCUT2D eigenvalue weighted by Crippen LogP contribution is -2.39.